The Morgan fingerprint density at radius 3 is 2.73 bits per heavy atom. The summed E-state index contributed by atoms with van der Waals surface area (Å²) in [5, 5.41) is 12.5. The molecule has 5 rings (SSSR count). The van der Waals surface area contributed by atoms with Gasteiger partial charge < -0.3 is 20.1 Å². The van der Waals surface area contributed by atoms with Gasteiger partial charge in [0.25, 0.3) is 11.8 Å². The zero-order valence-corrected chi connectivity index (χ0v) is 22.8. The molecule has 1 saturated heterocycles. The summed E-state index contributed by atoms with van der Waals surface area (Å²) in [6, 6.07) is 9.26. The molecule has 3 aromatic rings. The van der Waals surface area contributed by atoms with Gasteiger partial charge in [-0.2, -0.15) is 0 Å². The summed E-state index contributed by atoms with van der Waals surface area (Å²) in [5.74, 6) is 7.99. The van der Waals surface area contributed by atoms with Crippen molar-refractivity contribution in [3.8, 4) is 11.8 Å². The highest BCUT2D eigenvalue weighted by atomic mass is 32.2. The van der Waals surface area contributed by atoms with Crippen LogP contribution < -0.4 is 10.2 Å². The molecule has 37 heavy (non-hydrogen) atoms. The van der Waals surface area contributed by atoms with E-state index in [1.807, 2.05) is 30.3 Å². The third-order valence-corrected chi connectivity index (χ3v) is 9.53. The Kier molecular flexibility index (Phi) is 7.65. The molecular weight excluding hydrogens is 504 g/mol. The van der Waals surface area contributed by atoms with Crippen molar-refractivity contribution in [3.05, 3.63) is 58.0 Å². The van der Waals surface area contributed by atoms with Gasteiger partial charge >= 0.3 is 0 Å². The van der Waals surface area contributed by atoms with E-state index >= 15 is 0 Å². The number of carbonyl (C=O) groups excluding carboxylic acids is 2. The number of H-pyrrole nitrogens is 1. The van der Waals surface area contributed by atoms with Gasteiger partial charge in [0, 0.05) is 37.1 Å². The molecule has 4 heterocycles. The fourth-order valence-electron chi connectivity index (χ4n) is 4.53. The smallest absolute Gasteiger partial charge is 0.292 e. The number of benzene rings is 1. The molecule has 2 aliphatic heterocycles. The van der Waals surface area contributed by atoms with Crippen LogP contribution in [0.5, 0.6) is 0 Å². The molecule has 0 saturated carbocycles. The van der Waals surface area contributed by atoms with Crippen LogP contribution in [0.2, 0.25) is 0 Å². The third-order valence-electron chi connectivity index (χ3n) is 6.85. The largest absolute Gasteiger partial charge is 0.326 e. The number of carbonyl (C=O) groups is 2. The van der Waals surface area contributed by atoms with Crippen LogP contribution in [0.1, 0.15) is 45.3 Å². The monoisotopic (exact) mass is 534 g/mol. The molecule has 2 aromatic heterocycles. The van der Waals surface area contributed by atoms with Crippen LogP contribution in [0.3, 0.4) is 0 Å². The fourth-order valence-corrected chi connectivity index (χ4v) is 7.20. The van der Waals surface area contributed by atoms with Crippen molar-refractivity contribution in [1.82, 2.24) is 25.4 Å². The summed E-state index contributed by atoms with van der Waals surface area (Å²) >= 11 is 3.17. The first kappa shape index (κ1) is 25.5. The zero-order chi connectivity index (χ0) is 25.9. The standard InChI is InChI=1S/C27H30N6O2S2/c1-17-21(10-9-18-11-13-28-14-12-18)37-27-23(17)36-16-20(25(34)33(27)3)32(2)26(35)24-29-22(30-31-24)15-19-7-5-4-6-8-19/h4-8,18,20,28H,11-16H2,1-3H3,(H,29,30,31)/t20-/m0/s1. The lowest BCUT2D eigenvalue weighted by atomic mass is 9.99. The van der Waals surface area contributed by atoms with Crippen molar-refractivity contribution >= 4 is 39.9 Å². The van der Waals surface area contributed by atoms with Crippen molar-refractivity contribution in [2.24, 2.45) is 5.92 Å². The van der Waals surface area contributed by atoms with Gasteiger partial charge in [-0.25, -0.2) is 0 Å². The molecule has 2 aliphatic rings. The highest BCUT2D eigenvalue weighted by Gasteiger charge is 2.36. The molecule has 0 spiro atoms. The number of fused-ring (bicyclic) bond motifs is 1. The molecule has 0 radical (unpaired) electrons. The fraction of sp³-hybridized carbons (Fsp3) is 0.407. The number of piperidine rings is 1. The maximum Gasteiger partial charge on any atom is 0.292 e. The first-order valence-corrected chi connectivity index (χ1v) is 14.2. The average molecular weight is 535 g/mol. The van der Waals surface area contributed by atoms with Crippen molar-refractivity contribution in [1.29, 1.82) is 0 Å². The first-order valence-electron chi connectivity index (χ1n) is 12.4. The minimum Gasteiger partial charge on any atom is -0.326 e. The van der Waals surface area contributed by atoms with Crippen molar-refractivity contribution in [3.63, 3.8) is 0 Å². The van der Waals surface area contributed by atoms with Gasteiger partial charge in [0.15, 0.2) is 0 Å². The van der Waals surface area contributed by atoms with E-state index in [-0.39, 0.29) is 17.6 Å². The molecule has 2 N–H and O–H groups in total. The van der Waals surface area contributed by atoms with Gasteiger partial charge in [0.2, 0.25) is 5.82 Å². The van der Waals surface area contributed by atoms with E-state index in [0.29, 0.717) is 23.9 Å². The Labute approximate surface area is 225 Å². The van der Waals surface area contributed by atoms with Crippen LogP contribution >= 0.6 is 23.1 Å². The number of amides is 2. The lowest BCUT2D eigenvalue weighted by Crippen LogP contribution is -2.49. The number of nitrogens with zero attached hydrogens (tertiary/aromatic N) is 4. The molecule has 2 amide bonds. The number of aromatic amines is 1. The summed E-state index contributed by atoms with van der Waals surface area (Å²) in [7, 11) is 3.44. The minimum absolute atomic E-state index is 0.120. The predicted molar refractivity (Wildman–Crippen MR) is 147 cm³/mol. The Morgan fingerprint density at radius 2 is 1.97 bits per heavy atom. The maximum atomic E-state index is 13.5. The van der Waals surface area contributed by atoms with Crippen LogP contribution in [-0.4, -0.2) is 70.9 Å². The second-order valence-corrected chi connectivity index (χ2v) is 11.4. The quantitative estimate of drug-likeness (QED) is 0.499. The van der Waals surface area contributed by atoms with Crippen LogP contribution in [0.4, 0.5) is 5.00 Å². The van der Waals surface area contributed by atoms with E-state index in [0.717, 1.165) is 51.8 Å². The van der Waals surface area contributed by atoms with Crippen molar-refractivity contribution in [2.45, 2.75) is 37.1 Å². The summed E-state index contributed by atoms with van der Waals surface area (Å²) in [5.41, 5.74) is 2.19. The van der Waals surface area contributed by atoms with Gasteiger partial charge in [0.05, 0.1) is 4.88 Å². The Bertz CT molecular complexity index is 1350. The van der Waals surface area contributed by atoms with Crippen LogP contribution in [0.25, 0.3) is 0 Å². The summed E-state index contributed by atoms with van der Waals surface area (Å²) in [6.45, 7) is 4.11. The van der Waals surface area contributed by atoms with E-state index in [1.54, 1.807) is 42.1 Å². The number of hydrogen-bond acceptors (Lipinski definition) is 7. The van der Waals surface area contributed by atoms with Crippen LogP contribution in [-0.2, 0) is 11.2 Å². The van der Waals surface area contributed by atoms with E-state index < -0.39 is 6.04 Å². The molecule has 0 bridgehead atoms. The van der Waals surface area contributed by atoms with Crippen molar-refractivity contribution < 1.29 is 9.59 Å². The lowest BCUT2D eigenvalue weighted by Gasteiger charge is -2.27. The number of thiophene rings is 1. The van der Waals surface area contributed by atoms with E-state index in [1.165, 1.54) is 4.90 Å². The predicted octanol–water partition coefficient (Wildman–Crippen LogP) is 3.33. The Morgan fingerprint density at radius 1 is 1.22 bits per heavy atom. The summed E-state index contributed by atoms with van der Waals surface area (Å²) in [4.78, 5) is 35.0. The van der Waals surface area contributed by atoms with Gasteiger partial charge in [-0.1, -0.05) is 42.2 Å². The molecule has 0 unspecified atom stereocenters. The normalized spacial score (nSPS) is 18.1. The molecule has 1 fully saturated rings. The minimum atomic E-state index is -0.617. The van der Waals surface area contributed by atoms with Crippen LogP contribution in [0, 0.1) is 24.7 Å². The SMILES string of the molecule is Cc1c(C#CC2CCNCC2)sc2c1SC[C@H](N(C)C(=O)c1nnc(Cc3ccccc3)[nH]1)C(=O)N2C. The van der Waals surface area contributed by atoms with Crippen LogP contribution in [0.15, 0.2) is 35.2 Å². The van der Waals surface area contributed by atoms with E-state index in [2.05, 4.69) is 39.3 Å². The zero-order valence-electron chi connectivity index (χ0n) is 21.2. The number of anilines is 1. The second-order valence-electron chi connectivity index (χ2n) is 9.41. The van der Waals surface area contributed by atoms with Gasteiger partial charge in [0.1, 0.15) is 16.9 Å². The van der Waals surface area contributed by atoms with Gasteiger partial charge in [-0.05, 0) is 44.0 Å². The van der Waals surface area contributed by atoms with E-state index in [9.17, 15) is 9.59 Å². The highest BCUT2D eigenvalue weighted by Crippen LogP contribution is 2.44. The number of nitrogens with one attached hydrogen (secondary N) is 2. The summed E-state index contributed by atoms with van der Waals surface area (Å²) < 4.78 is 0. The van der Waals surface area contributed by atoms with E-state index in [4.69, 9.17) is 0 Å². The van der Waals surface area contributed by atoms with Crippen molar-refractivity contribution in [2.75, 3.05) is 37.8 Å². The third kappa shape index (κ3) is 5.44. The van der Waals surface area contributed by atoms with Gasteiger partial charge in [-0.15, -0.1) is 33.3 Å². The second kappa shape index (κ2) is 11.1. The Balaban J connectivity index is 1.29. The molecule has 8 nitrogen and oxygen atoms in total. The number of hydrogen-bond donors (Lipinski definition) is 2. The molecular formula is C27H30N6O2S2. The topological polar surface area (TPSA) is 94.2 Å². The highest BCUT2D eigenvalue weighted by molar-refractivity contribution is 7.99. The molecule has 1 atom stereocenters. The lowest BCUT2D eigenvalue weighted by molar-refractivity contribution is -0.121. The molecule has 10 heteroatoms. The molecule has 0 aliphatic carbocycles. The molecule has 1 aromatic carbocycles. The van der Waals surface area contributed by atoms with Gasteiger partial charge in [-0.3, -0.25) is 9.59 Å². The number of thioether (sulfide) groups is 1. The first-order chi connectivity index (χ1) is 17.9. The number of likely N-dealkylation sites (N-methyl/N-ethyl adjacent to an activating group) is 2. The molecule has 192 valence electrons. The summed E-state index contributed by atoms with van der Waals surface area (Å²) in [6.07, 6.45) is 2.70. The number of aromatic nitrogens is 3. The maximum absolute atomic E-state index is 13.5. The average Bonchev–Trinajstić information content (AvgIpc) is 3.48. The number of rotatable bonds is 4. The Hall–Kier alpha value is -3.13.